The van der Waals surface area contributed by atoms with Gasteiger partial charge in [0.15, 0.2) is 0 Å². The Bertz CT molecular complexity index is 421. The Morgan fingerprint density at radius 2 is 1.94 bits per heavy atom. The summed E-state index contributed by atoms with van der Waals surface area (Å²) in [4.78, 5) is 14.2. The first-order valence-corrected chi connectivity index (χ1v) is 6.79. The number of carbonyl (C=O) groups excluding carboxylic acids is 1. The summed E-state index contributed by atoms with van der Waals surface area (Å²) in [6, 6.07) is 5.37. The number of carbonyl (C=O) groups is 1. The quantitative estimate of drug-likeness (QED) is 0.835. The van der Waals surface area contributed by atoms with Crippen molar-refractivity contribution in [3.8, 4) is 0 Å². The van der Waals surface area contributed by atoms with Crippen LogP contribution in [0.25, 0.3) is 0 Å². The highest BCUT2D eigenvalue weighted by atomic mass is 35.5. The van der Waals surface area contributed by atoms with Crippen molar-refractivity contribution in [1.82, 2.24) is 4.90 Å². The lowest BCUT2D eigenvalue weighted by atomic mass is 9.94. The van der Waals surface area contributed by atoms with Crippen LogP contribution in [0.1, 0.15) is 42.5 Å². The highest BCUT2D eigenvalue weighted by Crippen LogP contribution is 2.24. The van der Waals surface area contributed by atoms with Crippen molar-refractivity contribution in [2.24, 2.45) is 0 Å². The summed E-state index contributed by atoms with van der Waals surface area (Å²) in [5, 5.41) is 0.510. The molecule has 3 nitrogen and oxygen atoms in total. The van der Waals surface area contributed by atoms with Crippen LogP contribution in [0.2, 0.25) is 5.02 Å². The van der Waals surface area contributed by atoms with Gasteiger partial charge in [0.25, 0.3) is 5.91 Å². The molecule has 0 spiro atoms. The van der Waals surface area contributed by atoms with E-state index in [9.17, 15) is 4.79 Å². The number of hydrogen-bond acceptors (Lipinski definition) is 2. The van der Waals surface area contributed by atoms with Crippen LogP contribution in [0.5, 0.6) is 0 Å². The van der Waals surface area contributed by atoms with Gasteiger partial charge in [-0.3, -0.25) is 4.79 Å². The lowest BCUT2D eigenvalue weighted by Gasteiger charge is -2.31. The SMILES string of the molecule is CN(C(=O)c1cc(N)cc(Cl)c1)C1CCCCC1. The van der Waals surface area contributed by atoms with Crippen LogP contribution in [-0.4, -0.2) is 23.9 Å². The van der Waals surface area contributed by atoms with Crippen molar-refractivity contribution in [3.63, 3.8) is 0 Å². The minimum absolute atomic E-state index is 0.0103. The molecule has 1 aromatic carbocycles. The summed E-state index contributed by atoms with van der Waals surface area (Å²) in [5.74, 6) is 0.0103. The van der Waals surface area contributed by atoms with Gasteiger partial charge in [0.1, 0.15) is 0 Å². The fourth-order valence-corrected chi connectivity index (χ4v) is 2.82. The van der Waals surface area contributed by atoms with Crippen LogP contribution < -0.4 is 5.73 Å². The first-order chi connectivity index (χ1) is 8.58. The van der Waals surface area contributed by atoms with E-state index in [0.717, 1.165) is 12.8 Å². The molecule has 4 heteroatoms. The predicted octanol–water partition coefficient (Wildman–Crippen LogP) is 3.33. The Morgan fingerprint density at radius 1 is 1.28 bits per heavy atom. The molecule has 1 amide bonds. The molecule has 0 aliphatic heterocycles. The summed E-state index contributed by atoms with van der Waals surface area (Å²) in [5.41, 5.74) is 6.83. The van der Waals surface area contributed by atoms with Gasteiger partial charge in [0.2, 0.25) is 0 Å². The molecule has 18 heavy (non-hydrogen) atoms. The van der Waals surface area contributed by atoms with Crippen molar-refractivity contribution >= 4 is 23.2 Å². The van der Waals surface area contributed by atoms with E-state index >= 15 is 0 Å². The molecule has 1 saturated carbocycles. The number of benzene rings is 1. The van der Waals surface area contributed by atoms with Gasteiger partial charge >= 0.3 is 0 Å². The fraction of sp³-hybridized carbons (Fsp3) is 0.500. The van der Waals surface area contributed by atoms with Crippen LogP contribution in [0.3, 0.4) is 0 Å². The van der Waals surface area contributed by atoms with E-state index in [0.29, 0.717) is 22.3 Å². The maximum absolute atomic E-state index is 12.4. The van der Waals surface area contributed by atoms with Crippen molar-refractivity contribution in [2.75, 3.05) is 12.8 Å². The van der Waals surface area contributed by atoms with Gasteiger partial charge in [-0.2, -0.15) is 0 Å². The molecular weight excluding hydrogens is 248 g/mol. The normalized spacial score (nSPS) is 16.6. The molecule has 0 atom stereocenters. The second-order valence-electron chi connectivity index (χ2n) is 4.98. The van der Waals surface area contributed by atoms with Gasteiger partial charge in [0, 0.05) is 29.4 Å². The van der Waals surface area contributed by atoms with Crippen molar-refractivity contribution in [3.05, 3.63) is 28.8 Å². The van der Waals surface area contributed by atoms with Gasteiger partial charge in [-0.25, -0.2) is 0 Å². The van der Waals surface area contributed by atoms with Crippen LogP contribution in [0.4, 0.5) is 5.69 Å². The molecule has 2 N–H and O–H groups in total. The number of halogens is 1. The number of hydrogen-bond donors (Lipinski definition) is 1. The fourth-order valence-electron chi connectivity index (χ4n) is 2.57. The Morgan fingerprint density at radius 3 is 2.56 bits per heavy atom. The average Bonchev–Trinajstić information content (AvgIpc) is 2.37. The number of nitrogens with two attached hydrogens (primary N) is 1. The molecule has 98 valence electrons. The third kappa shape index (κ3) is 2.96. The van der Waals surface area contributed by atoms with Gasteiger partial charge in [-0.15, -0.1) is 0 Å². The van der Waals surface area contributed by atoms with Gasteiger partial charge < -0.3 is 10.6 Å². The topological polar surface area (TPSA) is 46.3 Å². The Kier molecular flexibility index (Phi) is 4.12. The van der Waals surface area contributed by atoms with E-state index in [1.807, 2.05) is 11.9 Å². The monoisotopic (exact) mass is 266 g/mol. The number of rotatable bonds is 2. The molecule has 0 unspecified atom stereocenters. The molecule has 2 rings (SSSR count). The number of nitrogen functional groups attached to an aromatic ring is 1. The minimum Gasteiger partial charge on any atom is -0.399 e. The van der Waals surface area contributed by atoms with Gasteiger partial charge in [-0.1, -0.05) is 30.9 Å². The number of amides is 1. The lowest BCUT2D eigenvalue weighted by molar-refractivity contribution is 0.0696. The number of anilines is 1. The summed E-state index contributed by atoms with van der Waals surface area (Å²) in [7, 11) is 1.87. The van der Waals surface area contributed by atoms with E-state index in [1.165, 1.54) is 19.3 Å². The van der Waals surface area contributed by atoms with E-state index in [4.69, 9.17) is 17.3 Å². The number of nitrogens with zero attached hydrogens (tertiary/aromatic N) is 1. The highest BCUT2D eigenvalue weighted by molar-refractivity contribution is 6.31. The van der Waals surface area contributed by atoms with E-state index < -0.39 is 0 Å². The first-order valence-electron chi connectivity index (χ1n) is 6.41. The van der Waals surface area contributed by atoms with Crippen molar-refractivity contribution in [1.29, 1.82) is 0 Å². The Hall–Kier alpha value is -1.22. The van der Waals surface area contributed by atoms with E-state index in [1.54, 1.807) is 18.2 Å². The van der Waals surface area contributed by atoms with Gasteiger partial charge in [0.05, 0.1) is 0 Å². The van der Waals surface area contributed by atoms with Crippen LogP contribution >= 0.6 is 11.6 Å². The summed E-state index contributed by atoms with van der Waals surface area (Å²) in [6.07, 6.45) is 5.89. The second kappa shape index (κ2) is 5.61. The zero-order valence-corrected chi connectivity index (χ0v) is 11.4. The summed E-state index contributed by atoms with van der Waals surface area (Å²) in [6.45, 7) is 0. The molecular formula is C14H19ClN2O. The highest BCUT2D eigenvalue weighted by Gasteiger charge is 2.23. The molecule has 1 fully saturated rings. The molecule has 0 bridgehead atoms. The molecule has 0 heterocycles. The third-order valence-electron chi connectivity index (χ3n) is 3.61. The zero-order chi connectivity index (χ0) is 13.1. The Balaban J connectivity index is 2.14. The smallest absolute Gasteiger partial charge is 0.253 e. The van der Waals surface area contributed by atoms with Crippen molar-refractivity contribution < 1.29 is 4.79 Å². The first kappa shape index (κ1) is 13.2. The molecule has 0 radical (unpaired) electrons. The summed E-state index contributed by atoms with van der Waals surface area (Å²) < 4.78 is 0. The van der Waals surface area contributed by atoms with Crippen LogP contribution in [0, 0.1) is 0 Å². The van der Waals surface area contributed by atoms with Crippen molar-refractivity contribution in [2.45, 2.75) is 38.1 Å². The largest absolute Gasteiger partial charge is 0.399 e. The molecule has 1 aliphatic carbocycles. The van der Waals surface area contributed by atoms with Crippen LogP contribution in [-0.2, 0) is 0 Å². The molecule has 1 aliphatic rings. The molecule has 1 aromatic rings. The maximum atomic E-state index is 12.4. The zero-order valence-electron chi connectivity index (χ0n) is 10.7. The molecule has 0 saturated heterocycles. The average molecular weight is 267 g/mol. The standard InChI is InChI=1S/C14H19ClN2O/c1-17(13-5-3-2-4-6-13)14(18)10-7-11(15)9-12(16)8-10/h7-9,13H,2-6,16H2,1H3. The Labute approximate surface area is 113 Å². The predicted molar refractivity (Wildman–Crippen MR) is 74.8 cm³/mol. The maximum Gasteiger partial charge on any atom is 0.253 e. The van der Waals surface area contributed by atoms with E-state index in [2.05, 4.69) is 0 Å². The lowest BCUT2D eigenvalue weighted by Crippen LogP contribution is -2.38. The molecule has 0 aromatic heterocycles. The second-order valence-corrected chi connectivity index (χ2v) is 5.42. The minimum atomic E-state index is 0.0103. The van der Waals surface area contributed by atoms with E-state index in [-0.39, 0.29) is 5.91 Å². The summed E-state index contributed by atoms with van der Waals surface area (Å²) >= 11 is 5.93. The van der Waals surface area contributed by atoms with Gasteiger partial charge in [-0.05, 0) is 31.0 Å². The third-order valence-corrected chi connectivity index (χ3v) is 3.83. The van der Waals surface area contributed by atoms with Crippen LogP contribution in [0.15, 0.2) is 18.2 Å².